The molecule has 0 unspecified atom stereocenters. The number of fused-ring (bicyclic) bond motifs is 1. The fourth-order valence-electron chi connectivity index (χ4n) is 1.95. The third-order valence-electron chi connectivity index (χ3n) is 2.89. The highest BCUT2D eigenvalue weighted by atomic mass is 35.5. The Bertz CT molecular complexity index is 739. The van der Waals surface area contributed by atoms with Gasteiger partial charge >= 0.3 is 0 Å². The Hall–Kier alpha value is -1.77. The van der Waals surface area contributed by atoms with E-state index >= 15 is 0 Å². The summed E-state index contributed by atoms with van der Waals surface area (Å²) in [6.45, 7) is 0. The number of aromatic nitrogens is 1. The van der Waals surface area contributed by atoms with Crippen LogP contribution in [0.1, 0.15) is 5.56 Å². The number of benzene rings is 2. The summed E-state index contributed by atoms with van der Waals surface area (Å²) in [6.07, 6.45) is 3.69. The fourth-order valence-corrected chi connectivity index (χ4v) is 2.44. The van der Waals surface area contributed by atoms with Crippen molar-refractivity contribution < 1.29 is 0 Å². The van der Waals surface area contributed by atoms with Crippen molar-refractivity contribution in [1.82, 2.24) is 4.98 Å². The molecular weight excluding hydrogens is 279 g/mol. The van der Waals surface area contributed by atoms with Crippen LogP contribution in [0.15, 0.2) is 53.7 Å². The summed E-state index contributed by atoms with van der Waals surface area (Å²) in [4.78, 5) is 7.59. The van der Waals surface area contributed by atoms with Gasteiger partial charge in [0.05, 0.1) is 10.0 Å². The summed E-state index contributed by atoms with van der Waals surface area (Å²) in [5, 5.41) is 2.21. The SMILES string of the molecule is Clc1cccc(Cl)c1N=Cc1c[nH]c2ccccc12. The van der Waals surface area contributed by atoms with Gasteiger partial charge in [0.25, 0.3) is 0 Å². The van der Waals surface area contributed by atoms with Gasteiger partial charge in [0.1, 0.15) is 5.69 Å². The molecule has 0 radical (unpaired) electrons. The zero-order chi connectivity index (χ0) is 13.2. The highest BCUT2D eigenvalue weighted by molar-refractivity contribution is 6.38. The minimum atomic E-state index is 0.545. The second kappa shape index (κ2) is 5.08. The van der Waals surface area contributed by atoms with Crippen LogP contribution in [0, 0.1) is 0 Å². The average molecular weight is 289 g/mol. The number of hydrogen-bond donors (Lipinski definition) is 1. The Labute approximate surface area is 120 Å². The summed E-state index contributed by atoms with van der Waals surface area (Å²) >= 11 is 12.2. The molecular formula is C15H10Cl2N2. The van der Waals surface area contributed by atoms with Gasteiger partial charge in [-0.15, -0.1) is 0 Å². The lowest BCUT2D eigenvalue weighted by Gasteiger charge is -1.99. The number of halogens is 2. The van der Waals surface area contributed by atoms with Gasteiger partial charge in [-0.2, -0.15) is 0 Å². The Morgan fingerprint density at radius 2 is 1.68 bits per heavy atom. The molecule has 0 spiro atoms. The molecule has 0 fully saturated rings. The molecule has 3 aromatic rings. The highest BCUT2D eigenvalue weighted by Gasteiger charge is 2.04. The first-order valence-corrected chi connectivity index (χ1v) is 6.55. The lowest BCUT2D eigenvalue weighted by atomic mass is 10.2. The van der Waals surface area contributed by atoms with Crippen LogP contribution in [0.5, 0.6) is 0 Å². The number of hydrogen-bond acceptors (Lipinski definition) is 1. The van der Waals surface area contributed by atoms with E-state index in [2.05, 4.69) is 9.98 Å². The molecule has 94 valence electrons. The van der Waals surface area contributed by atoms with Gasteiger partial charge in [-0.25, -0.2) is 0 Å². The van der Waals surface area contributed by atoms with E-state index in [-0.39, 0.29) is 0 Å². The van der Waals surface area contributed by atoms with E-state index < -0.39 is 0 Å². The molecule has 19 heavy (non-hydrogen) atoms. The monoisotopic (exact) mass is 288 g/mol. The number of nitrogens with zero attached hydrogens (tertiary/aromatic N) is 1. The summed E-state index contributed by atoms with van der Waals surface area (Å²) in [5.41, 5.74) is 2.68. The molecule has 0 saturated heterocycles. The second-order valence-corrected chi connectivity index (χ2v) is 4.93. The van der Waals surface area contributed by atoms with Gasteiger partial charge in [-0.05, 0) is 18.2 Å². The number of aliphatic imine (C=N–C) groups is 1. The third kappa shape index (κ3) is 2.37. The molecule has 0 bridgehead atoms. The standard InChI is InChI=1S/C15H10Cl2N2/c16-12-5-3-6-13(17)15(12)19-9-10-8-18-14-7-2-1-4-11(10)14/h1-9,18H. The Balaban J connectivity index is 2.03. The van der Waals surface area contributed by atoms with Crippen LogP contribution < -0.4 is 0 Å². The first kappa shape index (κ1) is 12.3. The smallest absolute Gasteiger partial charge is 0.100 e. The van der Waals surface area contributed by atoms with Gasteiger partial charge in [-0.3, -0.25) is 4.99 Å². The van der Waals surface area contributed by atoms with Gasteiger partial charge in [-0.1, -0.05) is 47.5 Å². The number of para-hydroxylation sites is 2. The maximum atomic E-state index is 6.08. The molecule has 2 aromatic carbocycles. The zero-order valence-electron chi connectivity index (χ0n) is 9.90. The molecule has 0 amide bonds. The molecule has 0 aliphatic heterocycles. The molecule has 3 rings (SSSR count). The van der Waals surface area contributed by atoms with Crippen molar-refractivity contribution in [3.05, 3.63) is 64.3 Å². The molecule has 1 heterocycles. The molecule has 2 nitrogen and oxygen atoms in total. The number of aromatic amines is 1. The van der Waals surface area contributed by atoms with Crippen molar-refractivity contribution in [1.29, 1.82) is 0 Å². The van der Waals surface area contributed by atoms with E-state index in [0.717, 1.165) is 16.5 Å². The Morgan fingerprint density at radius 3 is 2.47 bits per heavy atom. The Morgan fingerprint density at radius 1 is 0.947 bits per heavy atom. The normalized spacial score (nSPS) is 11.5. The lowest BCUT2D eigenvalue weighted by Crippen LogP contribution is -1.78. The van der Waals surface area contributed by atoms with Gasteiger partial charge < -0.3 is 4.98 Å². The molecule has 1 aromatic heterocycles. The van der Waals surface area contributed by atoms with Crippen LogP contribution in [0.3, 0.4) is 0 Å². The van der Waals surface area contributed by atoms with E-state index in [1.807, 2.05) is 30.5 Å². The van der Waals surface area contributed by atoms with Crippen molar-refractivity contribution in [2.45, 2.75) is 0 Å². The summed E-state index contributed by atoms with van der Waals surface area (Å²) < 4.78 is 0. The molecule has 4 heteroatoms. The molecule has 0 saturated carbocycles. The number of rotatable bonds is 2. The van der Waals surface area contributed by atoms with Crippen LogP contribution in [-0.4, -0.2) is 11.2 Å². The quantitative estimate of drug-likeness (QED) is 0.626. The van der Waals surface area contributed by atoms with E-state index in [1.54, 1.807) is 24.4 Å². The van der Waals surface area contributed by atoms with Gasteiger partial charge in [0.2, 0.25) is 0 Å². The predicted molar refractivity (Wildman–Crippen MR) is 82.0 cm³/mol. The minimum Gasteiger partial charge on any atom is -0.361 e. The molecule has 1 N–H and O–H groups in total. The van der Waals surface area contributed by atoms with Crippen LogP contribution in [0.25, 0.3) is 10.9 Å². The largest absolute Gasteiger partial charge is 0.361 e. The van der Waals surface area contributed by atoms with Crippen LogP contribution in [0.4, 0.5) is 5.69 Å². The number of H-pyrrole nitrogens is 1. The maximum absolute atomic E-state index is 6.08. The number of nitrogens with one attached hydrogen (secondary N) is 1. The van der Waals surface area contributed by atoms with Crippen LogP contribution in [0.2, 0.25) is 10.0 Å². The summed E-state index contributed by atoms with van der Waals surface area (Å²) in [5.74, 6) is 0. The topological polar surface area (TPSA) is 28.1 Å². The second-order valence-electron chi connectivity index (χ2n) is 4.12. The molecule has 0 atom stereocenters. The first-order chi connectivity index (χ1) is 9.25. The molecule has 0 aliphatic rings. The minimum absolute atomic E-state index is 0.545. The zero-order valence-corrected chi connectivity index (χ0v) is 11.4. The van der Waals surface area contributed by atoms with E-state index in [9.17, 15) is 0 Å². The first-order valence-electron chi connectivity index (χ1n) is 5.80. The van der Waals surface area contributed by atoms with Crippen molar-refractivity contribution in [3.8, 4) is 0 Å². The Kier molecular flexibility index (Phi) is 3.28. The van der Waals surface area contributed by atoms with Gasteiger partial charge in [0.15, 0.2) is 0 Å². The van der Waals surface area contributed by atoms with E-state index in [0.29, 0.717) is 15.7 Å². The van der Waals surface area contributed by atoms with Crippen LogP contribution in [-0.2, 0) is 0 Å². The van der Waals surface area contributed by atoms with Crippen molar-refractivity contribution in [3.63, 3.8) is 0 Å². The summed E-state index contributed by atoms with van der Waals surface area (Å²) in [6, 6.07) is 13.4. The van der Waals surface area contributed by atoms with Gasteiger partial charge in [0, 0.05) is 28.9 Å². The van der Waals surface area contributed by atoms with E-state index in [1.165, 1.54) is 0 Å². The average Bonchev–Trinajstić information content (AvgIpc) is 2.82. The van der Waals surface area contributed by atoms with Crippen molar-refractivity contribution in [2.75, 3.05) is 0 Å². The third-order valence-corrected chi connectivity index (χ3v) is 3.50. The summed E-state index contributed by atoms with van der Waals surface area (Å²) in [7, 11) is 0. The lowest BCUT2D eigenvalue weighted by molar-refractivity contribution is 1.47. The van der Waals surface area contributed by atoms with Crippen LogP contribution >= 0.6 is 23.2 Å². The highest BCUT2D eigenvalue weighted by Crippen LogP contribution is 2.32. The van der Waals surface area contributed by atoms with Crippen molar-refractivity contribution in [2.24, 2.45) is 4.99 Å². The van der Waals surface area contributed by atoms with E-state index in [4.69, 9.17) is 23.2 Å². The van der Waals surface area contributed by atoms with Crippen molar-refractivity contribution >= 4 is 46.0 Å². The molecule has 0 aliphatic carbocycles. The fraction of sp³-hybridized carbons (Fsp3) is 0. The maximum Gasteiger partial charge on any atom is 0.100 e. The predicted octanol–water partition coefficient (Wildman–Crippen LogP) is 5.23.